The summed E-state index contributed by atoms with van der Waals surface area (Å²) in [6.45, 7) is 5.59. The van der Waals surface area contributed by atoms with Crippen molar-refractivity contribution >= 4 is 29.2 Å². The lowest BCUT2D eigenvalue weighted by Gasteiger charge is -2.35. The molecule has 1 aromatic carbocycles. The number of nitrogens with zero attached hydrogens (tertiary/aromatic N) is 2. The maximum absolute atomic E-state index is 4.30. The van der Waals surface area contributed by atoms with Gasteiger partial charge in [-0.1, -0.05) is 18.2 Å². The summed E-state index contributed by atoms with van der Waals surface area (Å²) in [5.41, 5.74) is 2.57. The second kappa shape index (κ2) is 5.24. The number of hydrogen-bond acceptors (Lipinski definition) is 3. The number of rotatable bonds is 3. The monoisotopic (exact) mass is 261 g/mol. The molecule has 0 spiro atoms. The fourth-order valence-corrected chi connectivity index (χ4v) is 2.95. The normalized spacial score (nSPS) is 17.5. The van der Waals surface area contributed by atoms with Crippen LogP contribution in [0.3, 0.4) is 0 Å². The van der Waals surface area contributed by atoms with Crippen LogP contribution in [-0.2, 0) is 0 Å². The SMILES string of the molecule is SCCN1CCN(c2c[nH]c3ccccc23)CC1. The molecule has 1 fully saturated rings. The molecule has 1 aliphatic rings. The van der Waals surface area contributed by atoms with Gasteiger partial charge in [0.2, 0.25) is 0 Å². The highest BCUT2D eigenvalue weighted by Crippen LogP contribution is 2.27. The number of para-hydroxylation sites is 1. The Bertz CT molecular complexity index is 514. The van der Waals surface area contributed by atoms with Gasteiger partial charge < -0.3 is 9.88 Å². The van der Waals surface area contributed by atoms with E-state index in [1.165, 1.54) is 16.6 Å². The summed E-state index contributed by atoms with van der Waals surface area (Å²) in [7, 11) is 0. The number of fused-ring (bicyclic) bond motifs is 1. The zero-order valence-electron chi connectivity index (χ0n) is 10.5. The van der Waals surface area contributed by atoms with Crippen LogP contribution in [0.1, 0.15) is 0 Å². The summed E-state index contributed by atoms with van der Waals surface area (Å²) < 4.78 is 0. The molecule has 18 heavy (non-hydrogen) atoms. The van der Waals surface area contributed by atoms with E-state index in [2.05, 4.69) is 57.9 Å². The van der Waals surface area contributed by atoms with E-state index in [1.54, 1.807) is 0 Å². The molecule has 0 saturated carbocycles. The molecule has 0 unspecified atom stereocenters. The molecular weight excluding hydrogens is 242 g/mol. The van der Waals surface area contributed by atoms with Gasteiger partial charge in [0.25, 0.3) is 0 Å². The van der Waals surface area contributed by atoms with Crippen molar-refractivity contribution in [2.24, 2.45) is 0 Å². The number of aromatic amines is 1. The third-order valence-corrected chi connectivity index (χ3v) is 3.90. The lowest BCUT2D eigenvalue weighted by molar-refractivity contribution is 0.274. The van der Waals surface area contributed by atoms with Crippen LogP contribution in [0.2, 0.25) is 0 Å². The first-order chi connectivity index (χ1) is 8.88. The maximum Gasteiger partial charge on any atom is 0.0624 e. The quantitative estimate of drug-likeness (QED) is 0.827. The molecule has 3 nitrogen and oxygen atoms in total. The first kappa shape index (κ1) is 11.9. The number of hydrogen-bond donors (Lipinski definition) is 2. The number of anilines is 1. The third-order valence-electron chi connectivity index (χ3n) is 3.70. The van der Waals surface area contributed by atoms with Gasteiger partial charge in [-0.25, -0.2) is 0 Å². The first-order valence-corrected chi connectivity index (χ1v) is 7.16. The summed E-state index contributed by atoms with van der Waals surface area (Å²) >= 11 is 4.30. The molecule has 4 heteroatoms. The molecule has 0 amide bonds. The lowest BCUT2D eigenvalue weighted by atomic mass is 10.2. The van der Waals surface area contributed by atoms with Crippen molar-refractivity contribution in [3.63, 3.8) is 0 Å². The van der Waals surface area contributed by atoms with Crippen LogP contribution in [-0.4, -0.2) is 48.4 Å². The Balaban J connectivity index is 1.76. The predicted octanol–water partition coefficient (Wildman–Crippen LogP) is 2.22. The van der Waals surface area contributed by atoms with Crippen LogP contribution in [0.4, 0.5) is 5.69 Å². The van der Waals surface area contributed by atoms with Crippen LogP contribution in [0.5, 0.6) is 0 Å². The van der Waals surface area contributed by atoms with E-state index in [-0.39, 0.29) is 0 Å². The molecule has 1 saturated heterocycles. The Morgan fingerprint density at radius 3 is 2.67 bits per heavy atom. The predicted molar refractivity (Wildman–Crippen MR) is 80.8 cm³/mol. The second-order valence-electron chi connectivity index (χ2n) is 4.77. The van der Waals surface area contributed by atoms with Crippen molar-refractivity contribution in [2.45, 2.75) is 0 Å². The molecular formula is C14H19N3S. The molecule has 2 aromatic rings. The Kier molecular flexibility index (Phi) is 3.48. The third kappa shape index (κ3) is 2.22. The number of aromatic nitrogens is 1. The van der Waals surface area contributed by atoms with E-state index < -0.39 is 0 Å². The highest BCUT2D eigenvalue weighted by atomic mass is 32.1. The summed E-state index contributed by atoms with van der Waals surface area (Å²) in [6, 6.07) is 8.52. The van der Waals surface area contributed by atoms with Crippen molar-refractivity contribution in [3.8, 4) is 0 Å². The minimum Gasteiger partial charge on any atom is -0.367 e. The summed E-state index contributed by atoms with van der Waals surface area (Å²) in [6.07, 6.45) is 2.14. The average Bonchev–Trinajstić information content (AvgIpc) is 2.84. The highest BCUT2D eigenvalue weighted by molar-refractivity contribution is 7.80. The minimum atomic E-state index is 0.951. The Morgan fingerprint density at radius 1 is 1.11 bits per heavy atom. The van der Waals surface area contributed by atoms with Crippen LogP contribution in [0.25, 0.3) is 10.9 Å². The Labute approximate surface area is 113 Å². The molecule has 96 valence electrons. The number of benzene rings is 1. The van der Waals surface area contributed by atoms with E-state index >= 15 is 0 Å². The van der Waals surface area contributed by atoms with Crippen molar-refractivity contribution in [3.05, 3.63) is 30.5 Å². The lowest BCUT2D eigenvalue weighted by Crippen LogP contribution is -2.46. The van der Waals surface area contributed by atoms with E-state index in [4.69, 9.17) is 0 Å². The standard InChI is InChI=1S/C14H19N3S/c18-10-9-16-5-7-17(8-6-16)14-11-15-13-4-2-1-3-12(13)14/h1-4,11,15,18H,5-10H2. The van der Waals surface area contributed by atoms with Crippen LogP contribution in [0.15, 0.2) is 30.5 Å². The van der Waals surface area contributed by atoms with Gasteiger partial charge >= 0.3 is 0 Å². The van der Waals surface area contributed by atoms with Gasteiger partial charge in [0.15, 0.2) is 0 Å². The van der Waals surface area contributed by atoms with E-state index in [9.17, 15) is 0 Å². The number of piperazine rings is 1. The number of nitrogens with one attached hydrogen (secondary N) is 1. The minimum absolute atomic E-state index is 0.951. The average molecular weight is 261 g/mol. The maximum atomic E-state index is 4.30. The molecule has 0 atom stereocenters. The molecule has 1 aliphatic heterocycles. The molecule has 0 bridgehead atoms. The van der Waals surface area contributed by atoms with Crippen molar-refractivity contribution < 1.29 is 0 Å². The second-order valence-corrected chi connectivity index (χ2v) is 5.22. The Hall–Kier alpha value is -1.13. The largest absolute Gasteiger partial charge is 0.367 e. The highest BCUT2D eigenvalue weighted by Gasteiger charge is 2.18. The van der Waals surface area contributed by atoms with Gasteiger partial charge in [-0.3, -0.25) is 4.90 Å². The van der Waals surface area contributed by atoms with Gasteiger partial charge in [0.1, 0.15) is 0 Å². The zero-order chi connectivity index (χ0) is 12.4. The molecule has 2 heterocycles. The first-order valence-electron chi connectivity index (χ1n) is 6.53. The smallest absolute Gasteiger partial charge is 0.0624 e. The molecule has 0 radical (unpaired) electrons. The fourth-order valence-electron chi connectivity index (χ4n) is 2.67. The van der Waals surface area contributed by atoms with Crippen molar-refractivity contribution in [2.75, 3.05) is 43.4 Å². The topological polar surface area (TPSA) is 22.3 Å². The molecule has 3 rings (SSSR count). The van der Waals surface area contributed by atoms with Crippen LogP contribution < -0.4 is 4.90 Å². The fraction of sp³-hybridized carbons (Fsp3) is 0.429. The van der Waals surface area contributed by atoms with E-state index in [0.717, 1.165) is 38.5 Å². The van der Waals surface area contributed by atoms with Crippen molar-refractivity contribution in [1.29, 1.82) is 0 Å². The van der Waals surface area contributed by atoms with Gasteiger partial charge in [-0.15, -0.1) is 0 Å². The number of thiol groups is 1. The van der Waals surface area contributed by atoms with Crippen LogP contribution >= 0.6 is 12.6 Å². The summed E-state index contributed by atoms with van der Waals surface area (Å²) in [5.74, 6) is 0.951. The Morgan fingerprint density at radius 2 is 1.89 bits per heavy atom. The van der Waals surface area contributed by atoms with Gasteiger partial charge in [-0.2, -0.15) is 12.6 Å². The van der Waals surface area contributed by atoms with E-state index in [1.807, 2.05) is 0 Å². The van der Waals surface area contributed by atoms with E-state index in [0.29, 0.717) is 0 Å². The molecule has 1 N–H and O–H groups in total. The zero-order valence-corrected chi connectivity index (χ0v) is 11.4. The molecule has 1 aromatic heterocycles. The van der Waals surface area contributed by atoms with Crippen molar-refractivity contribution in [1.82, 2.24) is 9.88 Å². The van der Waals surface area contributed by atoms with Gasteiger partial charge in [0.05, 0.1) is 5.69 Å². The molecule has 0 aliphatic carbocycles. The summed E-state index contributed by atoms with van der Waals surface area (Å²) in [4.78, 5) is 8.32. The summed E-state index contributed by atoms with van der Waals surface area (Å²) in [5, 5.41) is 1.33. The van der Waals surface area contributed by atoms with Gasteiger partial charge in [0, 0.05) is 55.6 Å². The number of H-pyrrole nitrogens is 1. The van der Waals surface area contributed by atoms with Crippen LogP contribution in [0, 0.1) is 0 Å². The van der Waals surface area contributed by atoms with Gasteiger partial charge in [-0.05, 0) is 6.07 Å².